The quantitative estimate of drug-likeness (QED) is 0.0415. The lowest BCUT2D eigenvalue weighted by molar-refractivity contribution is -0.151. The summed E-state index contributed by atoms with van der Waals surface area (Å²) >= 11 is 2.11. The van der Waals surface area contributed by atoms with Gasteiger partial charge in [-0.25, -0.2) is 14.3 Å². The number of β-lactam (4-membered cyclic amide) rings is 1. The first-order valence-corrected chi connectivity index (χ1v) is 20.1. The first kappa shape index (κ1) is 44.3. The molecule has 2 aromatic heterocycles. The molecule has 1 fully saturated rings. The first-order chi connectivity index (χ1) is 29.5. The third kappa shape index (κ3) is 9.52. The smallest absolute Gasteiger partial charge is 0.352 e. The van der Waals surface area contributed by atoms with Crippen molar-refractivity contribution >= 4 is 82.0 Å². The number of carbonyl (C=O) groups is 8. The van der Waals surface area contributed by atoms with Gasteiger partial charge in [-0.05, 0) is 46.7 Å². The normalized spacial score (nSPS) is 16.1. The van der Waals surface area contributed by atoms with Crippen molar-refractivity contribution in [2.24, 2.45) is 0 Å². The Balaban J connectivity index is 1.29. The standard InChI is InChI=1S/C37H34N8O15S2/c1-4-43-11-22(31(52)21-9-24(59-16(2)46)25(10-23(21)43)60-17(3)47)32(53)38-28(18-5-7-20(8-6-18)58-13-27(50)51)33(54)39-29-34(55)45-30(36(56)57)19(14-61-35(29)45)15-62-37-40-41-42-44(37)12-26(48)49/h5-11,28-29,35H,4,12-15H2,1-3H3,(H,38,53)(H,39,54)(H,48,49)(H,50,51)(H,56,57)/t28?,29-,35-/m1/s1. The number of amides is 3. The van der Waals surface area contributed by atoms with Gasteiger partial charge in [0.2, 0.25) is 16.5 Å². The first-order valence-electron chi connectivity index (χ1n) is 18.1. The molecule has 6 rings (SSSR count). The van der Waals surface area contributed by atoms with Crippen molar-refractivity contribution in [1.82, 2.24) is 40.3 Å². The van der Waals surface area contributed by atoms with E-state index in [1.807, 2.05) is 0 Å². The van der Waals surface area contributed by atoms with Crippen molar-refractivity contribution in [3.63, 3.8) is 0 Å². The van der Waals surface area contributed by atoms with Crippen LogP contribution in [0.3, 0.4) is 0 Å². The lowest BCUT2D eigenvalue weighted by atomic mass is 10.0. The summed E-state index contributed by atoms with van der Waals surface area (Å²) in [7, 11) is 0. The number of tetrazole rings is 1. The Labute approximate surface area is 356 Å². The fourth-order valence-electron chi connectivity index (χ4n) is 6.41. The van der Waals surface area contributed by atoms with Crippen LogP contribution in [0, 0.1) is 0 Å². The minimum Gasteiger partial charge on any atom is -0.482 e. The van der Waals surface area contributed by atoms with Crippen LogP contribution in [-0.2, 0) is 46.7 Å². The Morgan fingerprint density at radius 2 is 1.65 bits per heavy atom. The fourth-order valence-corrected chi connectivity index (χ4v) is 8.77. The van der Waals surface area contributed by atoms with Crippen molar-refractivity contribution in [2.75, 3.05) is 18.1 Å². The van der Waals surface area contributed by atoms with Crippen LogP contribution < -0.4 is 30.3 Å². The molecule has 1 unspecified atom stereocenters. The number of aryl methyl sites for hydroxylation is 1. The molecule has 1 saturated heterocycles. The Morgan fingerprint density at radius 1 is 0.968 bits per heavy atom. The van der Waals surface area contributed by atoms with E-state index < -0.39 is 89.2 Å². The van der Waals surface area contributed by atoms with Gasteiger partial charge < -0.3 is 44.7 Å². The largest absolute Gasteiger partial charge is 0.482 e. The molecule has 4 heterocycles. The highest BCUT2D eigenvalue weighted by Crippen LogP contribution is 2.42. The number of rotatable bonds is 17. The lowest BCUT2D eigenvalue weighted by Crippen LogP contribution is -2.71. The molecule has 4 aromatic rings. The molecule has 2 aromatic carbocycles. The summed E-state index contributed by atoms with van der Waals surface area (Å²) in [5.41, 5.74) is -1.03. The second kappa shape index (κ2) is 18.5. The molecule has 0 radical (unpaired) electrons. The molecule has 2 aliphatic heterocycles. The number of fused-ring (bicyclic) bond motifs is 2. The van der Waals surface area contributed by atoms with Crippen LogP contribution in [0.25, 0.3) is 10.9 Å². The van der Waals surface area contributed by atoms with Gasteiger partial charge in [-0.15, -0.1) is 16.9 Å². The van der Waals surface area contributed by atoms with Crippen molar-refractivity contribution < 1.29 is 67.9 Å². The Bertz CT molecular complexity index is 2630. The predicted octanol–water partition coefficient (Wildman–Crippen LogP) is 0.409. The second-order valence-electron chi connectivity index (χ2n) is 13.3. The number of aromatic nitrogens is 5. The molecule has 5 N–H and O–H groups in total. The zero-order chi connectivity index (χ0) is 45.0. The molecule has 0 aliphatic carbocycles. The highest BCUT2D eigenvalue weighted by Gasteiger charge is 2.54. The van der Waals surface area contributed by atoms with Gasteiger partial charge in [-0.1, -0.05) is 23.9 Å². The minimum atomic E-state index is -1.61. The molecular weight excluding hydrogens is 861 g/mol. The summed E-state index contributed by atoms with van der Waals surface area (Å²) in [5.74, 6) is -8.47. The molecule has 0 spiro atoms. The molecular formula is C37H34N8O15S2. The van der Waals surface area contributed by atoms with E-state index in [1.54, 1.807) is 6.92 Å². The van der Waals surface area contributed by atoms with E-state index in [4.69, 9.17) is 24.4 Å². The lowest BCUT2D eigenvalue weighted by Gasteiger charge is -2.49. The monoisotopic (exact) mass is 894 g/mol. The van der Waals surface area contributed by atoms with E-state index in [-0.39, 0.29) is 62.6 Å². The van der Waals surface area contributed by atoms with Crippen LogP contribution in [0.5, 0.6) is 17.2 Å². The zero-order valence-corrected chi connectivity index (χ0v) is 34.2. The fraction of sp³-hybridized carbons (Fsp3) is 0.297. The summed E-state index contributed by atoms with van der Waals surface area (Å²) in [5, 5.41) is 43.4. The van der Waals surface area contributed by atoms with Gasteiger partial charge in [0.1, 0.15) is 41.0 Å². The number of esters is 2. The number of hydrogen-bond acceptors (Lipinski definition) is 17. The molecule has 0 saturated carbocycles. The maximum absolute atomic E-state index is 14.2. The zero-order valence-electron chi connectivity index (χ0n) is 32.5. The minimum absolute atomic E-state index is 0.0185. The number of carboxylic acid groups (broad SMARTS) is 3. The van der Waals surface area contributed by atoms with Crippen LogP contribution in [-0.4, -0.2) is 122 Å². The molecule has 0 bridgehead atoms. The number of nitrogens with zero attached hydrogens (tertiary/aromatic N) is 6. The summed E-state index contributed by atoms with van der Waals surface area (Å²) in [6, 6.07) is 4.91. The molecule has 324 valence electrons. The Hall–Kier alpha value is -7.28. The maximum atomic E-state index is 14.2. The van der Waals surface area contributed by atoms with E-state index in [2.05, 4.69) is 26.2 Å². The third-order valence-electron chi connectivity index (χ3n) is 9.06. The molecule has 23 nitrogen and oxygen atoms in total. The van der Waals surface area contributed by atoms with E-state index in [1.165, 1.54) is 41.1 Å². The highest BCUT2D eigenvalue weighted by molar-refractivity contribution is 8.01. The highest BCUT2D eigenvalue weighted by atomic mass is 32.2. The van der Waals surface area contributed by atoms with Crippen molar-refractivity contribution in [1.29, 1.82) is 0 Å². The summed E-state index contributed by atoms with van der Waals surface area (Å²) in [6.07, 6.45) is 1.22. The van der Waals surface area contributed by atoms with Gasteiger partial charge >= 0.3 is 29.8 Å². The number of hydrogen-bond donors (Lipinski definition) is 5. The predicted molar refractivity (Wildman–Crippen MR) is 212 cm³/mol. The summed E-state index contributed by atoms with van der Waals surface area (Å²) in [6.45, 7) is 2.88. The molecule has 2 aliphatic rings. The number of nitrogens with one attached hydrogen (secondary N) is 2. The van der Waals surface area contributed by atoms with E-state index in [0.29, 0.717) is 5.57 Å². The summed E-state index contributed by atoms with van der Waals surface area (Å²) < 4.78 is 18.1. The van der Waals surface area contributed by atoms with Crippen molar-refractivity contribution in [3.8, 4) is 17.2 Å². The van der Waals surface area contributed by atoms with Gasteiger partial charge in [-0.3, -0.25) is 38.5 Å². The Kier molecular flexibility index (Phi) is 13.2. The Morgan fingerprint density at radius 3 is 2.26 bits per heavy atom. The number of aliphatic carboxylic acids is 3. The van der Waals surface area contributed by atoms with E-state index in [9.17, 15) is 48.3 Å². The van der Waals surface area contributed by atoms with Crippen LogP contribution in [0.2, 0.25) is 0 Å². The number of pyridine rings is 1. The van der Waals surface area contributed by atoms with Crippen LogP contribution >= 0.6 is 23.5 Å². The van der Waals surface area contributed by atoms with Gasteiger partial charge in [0.15, 0.2) is 18.1 Å². The van der Waals surface area contributed by atoms with E-state index in [0.717, 1.165) is 53.0 Å². The topological polar surface area (TPSA) is 318 Å². The average Bonchev–Trinajstić information content (AvgIpc) is 3.65. The second-order valence-corrected chi connectivity index (χ2v) is 15.3. The van der Waals surface area contributed by atoms with Crippen LogP contribution in [0.1, 0.15) is 42.7 Å². The third-order valence-corrected chi connectivity index (χ3v) is 11.4. The van der Waals surface area contributed by atoms with E-state index >= 15 is 0 Å². The van der Waals surface area contributed by atoms with Gasteiger partial charge in [0.05, 0.1) is 10.9 Å². The number of thioether (sulfide) groups is 2. The van der Waals surface area contributed by atoms with Gasteiger partial charge in [0, 0.05) is 44.2 Å². The number of ether oxygens (including phenoxy) is 3. The summed E-state index contributed by atoms with van der Waals surface area (Å²) in [4.78, 5) is 115. The van der Waals surface area contributed by atoms with Crippen molar-refractivity contribution in [3.05, 3.63) is 75.2 Å². The molecule has 3 atom stereocenters. The van der Waals surface area contributed by atoms with Crippen LogP contribution in [0.4, 0.5) is 0 Å². The molecule has 62 heavy (non-hydrogen) atoms. The SMILES string of the molecule is CCn1cc(C(=O)NC(C(=O)N[C@@H]2C(=O)N3C(C(=O)O)=C(CSc4nnnn4CC(=O)O)CS[C@H]23)c2ccc(OCC(=O)O)cc2)c(=O)c2cc(OC(C)=O)c(OC(C)=O)cc21. The average molecular weight is 895 g/mol. The molecule has 3 amide bonds. The maximum Gasteiger partial charge on any atom is 0.352 e. The van der Waals surface area contributed by atoms with Gasteiger partial charge in [-0.2, -0.15) is 0 Å². The number of benzene rings is 2. The number of carbonyl (C=O) groups excluding carboxylic acids is 5. The van der Waals surface area contributed by atoms with Crippen LogP contribution in [0.15, 0.2) is 63.8 Å². The van der Waals surface area contributed by atoms with Crippen molar-refractivity contribution in [2.45, 2.75) is 56.5 Å². The van der Waals surface area contributed by atoms with Gasteiger partial charge in [0.25, 0.3) is 11.8 Å². The number of carboxylic acids is 3. The molecule has 25 heteroatoms.